The van der Waals surface area contributed by atoms with Gasteiger partial charge in [0.15, 0.2) is 0 Å². The van der Waals surface area contributed by atoms with Gasteiger partial charge in [0.1, 0.15) is 11.5 Å². The number of aromatic amines is 1. The minimum Gasteiger partial charge on any atom is -0.478 e. The number of amides is 1. The zero-order valence-electron chi connectivity index (χ0n) is 16.8. The average molecular weight is 418 g/mol. The number of carbonyl (C=O) groups is 2. The lowest BCUT2D eigenvalue weighted by Crippen LogP contribution is -2.23. The van der Waals surface area contributed by atoms with E-state index in [2.05, 4.69) is 9.97 Å². The van der Waals surface area contributed by atoms with Crippen LogP contribution in [0.3, 0.4) is 0 Å². The van der Waals surface area contributed by atoms with Gasteiger partial charge in [0, 0.05) is 43.0 Å². The molecule has 4 N–H and O–H groups in total. The van der Waals surface area contributed by atoms with Gasteiger partial charge in [-0.05, 0) is 41.5 Å². The number of benzene rings is 2. The van der Waals surface area contributed by atoms with E-state index < -0.39 is 17.7 Å². The van der Waals surface area contributed by atoms with Crippen LogP contribution in [0.15, 0.2) is 54.9 Å². The minimum atomic E-state index is -0.997. The second-order valence-corrected chi connectivity index (χ2v) is 7.32. The summed E-state index contributed by atoms with van der Waals surface area (Å²) in [6.45, 7) is 0. The molecule has 0 radical (unpaired) electrons. The molecule has 0 spiro atoms. The topological polar surface area (TPSA) is 112 Å². The summed E-state index contributed by atoms with van der Waals surface area (Å²) in [6, 6.07) is 11.2. The highest BCUT2D eigenvalue weighted by Gasteiger charge is 2.18. The van der Waals surface area contributed by atoms with Gasteiger partial charge in [-0.15, -0.1) is 0 Å². The van der Waals surface area contributed by atoms with E-state index in [9.17, 15) is 14.0 Å². The van der Waals surface area contributed by atoms with Crippen molar-refractivity contribution < 1.29 is 19.1 Å². The fraction of sp³-hybridized carbons (Fsp3) is 0.0870. The van der Waals surface area contributed by atoms with Crippen LogP contribution < -0.4 is 5.73 Å². The van der Waals surface area contributed by atoms with Gasteiger partial charge in [-0.2, -0.15) is 0 Å². The van der Waals surface area contributed by atoms with Crippen LogP contribution >= 0.6 is 0 Å². The van der Waals surface area contributed by atoms with Gasteiger partial charge in [-0.25, -0.2) is 14.2 Å². The molecule has 4 rings (SSSR count). The lowest BCUT2D eigenvalue weighted by molar-refractivity contribution is 0.0696. The Balaban J connectivity index is 1.83. The molecule has 0 fully saturated rings. The fourth-order valence-electron chi connectivity index (χ4n) is 3.39. The number of H-pyrrole nitrogens is 1. The summed E-state index contributed by atoms with van der Waals surface area (Å²) >= 11 is 0. The number of aromatic carboxylic acids is 1. The number of carbonyl (C=O) groups excluding carboxylic acids is 1. The van der Waals surface area contributed by atoms with Crippen LogP contribution in [-0.4, -0.2) is 45.9 Å². The minimum absolute atomic E-state index is 0.0821. The van der Waals surface area contributed by atoms with Gasteiger partial charge in [-0.1, -0.05) is 12.1 Å². The van der Waals surface area contributed by atoms with Crippen LogP contribution in [0, 0.1) is 5.82 Å². The van der Waals surface area contributed by atoms with Crippen molar-refractivity contribution >= 4 is 28.6 Å². The Kier molecular flexibility index (Phi) is 4.90. The molecule has 0 aliphatic carbocycles. The summed E-state index contributed by atoms with van der Waals surface area (Å²) in [5.74, 6) is -2.07. The Morgan fingerprint density at radius 2 is 1.77 bits per heavy atom. The second kappa shape index (κ2) is 7.56. The number of hydrogen-bond donors (Lipinski definition) is 3. The average Bonchev–Trinajstić information content (AvgIpc) is 3.18. The number of carboxylic acid groups (broad SMARTS) is 1. The predicted octanol–water partition coefficient (Wildman–Crippen LogP) is 4.02. The van der Waals surface area contributed by atoms with Crippen LogP contribution in [0.2, 0.25) is 0 Å². The summed E-state index contributed by atoms with van der Waals surface area (Å²) in [5.41, 5.74) is 9.21. The molecular weight excluding hydrogens is 399 g/mol. The summed E-state index contributed by atoms with van der Waals surface area (Å²) in [6.07, 6.45) is 3.37. The number of nitrogen functional groups attached to an aromatic ring is 1. The number of carboxylic acids is 1. The standard InChI is InChI=1S/C23H19FN4O3/c1-28(2)22(29)17-7-14(9-19(24)20(17)25)15-8-16-18(11-27-21(16)26-10-15)12-3-5-13(6-4-12)23(30)31/h3-11H,25H2,1-2H3,(H,26,27)(H,30,31). The van der Waals surface area contributed by atoms with E-state index in [-0.39, 0.29) is 16.8 Å². The number of halogens is 1. The molecule has 0 aliphatic heterocycles. The molecule has 0 saturated carbocycles. The molecule has 31 heavy (non-hydrogen) atoms. The highest BCUT2D eigenvalue weighted by molar-refractivity contribution is 6.01. The lowest BCUT2D eigenvalue weighted by Gasteiger charge is -2.14. The Labute approximate surface area is 176 Å². The molecule has 0 bridgehead atoms. The predicted molar refractivity (Wildman–Crippen MR) is 116 cm³/mol. The highest BCUT2D eigenvalue weighted by atomic mass is 19.1. The Morgan fingerprint density at radius 3 is 2.42 bits per heavy atom. The summed E-state index contributed by atoms with van der Waals surface area (Å²) in [4.78, 5) is 32.3. The molecule has 2 heterocycles. The molecular formula is C23H19FN4O3. The zero-order valence-corrected chi connectivity index (χ0v) is 16.8. The number of aromatic nitrogens is 2. The third-order valence-corrected chi connectivity index (χ3v) is 5.07. The number of nitrogens with one attached hydrogen (secondary N) is 1. The molecule has 0 atom stereocenters. The molecule has 0 aliphatic rings. The van der Waals surface area contributed by atoms with Crippen molar-refractivity contribution in [3.05, 3.63) is 71.8 Å². The van der Waals surface area contributed by atoms with Crippen LogP contribution in [0.5, 0.6) is 0 Å². The third kappa shape index (κ3) is 3.59. The van der Waals surface area contributed by atoms with E-state index in [4.69, 9.17) is 10.8 Å². The fourth-order valence-corrected chi connectivity index (χ4v) is 3.39. The van der Waals surface area contributed by atoms with Crippen LogP contribution in [-0.2, 0) is 0 Å². The Hall–Kier alpha value is -4.20. The van der Waals surface area contributed by atoms with Crippen LogP contribution in [0.25, 0.3) is 33.3 Å². The van der Waals surface area contributed by atoms with E-state index in [0.717, 1.165) is 16.5 Å². The summed E-state index contributed by atoms with van der Waals surface area (Å²) < 4.78 is 14.5. The van der Waals surface area contributed by atoms with E-state index in [0.29, 0.717) is 16.8 Å². The maximum atomic E-state index is 14.5. The first kappa shape index (κ1) is 20.1. The number of hydrogen-bond acceptors (Lipinski definition) is 4. The number of rotatable bonds is 4. The lowest BCUT2D eigenvalue weighted by atomic mass is 9.99. The Morgan fingerprint density at radius 1 is 1.06 bits per heavy atom. The van der Waals surface area contributed by atoms with Crippen molar-refractivity contribution in [2.24, 2.45) is 0 Å². The highest BCUT2D eigenvalue weighted by Crippen LogP contribution is 2.33. The van der Waals surface area contributed by atoms with Crippen LogP contribution in [0.1, 0.15) is 20.7 Å². The largest absolute Gasteiger partial charge is 0.478 e. The molecule has 2 aromatic carbocycles. The smallest absolute Gasteiger partial charge is 0.335 e. The summed E-state index contributed by atoms with van der Waals surface area (Å²) in [7, 11) is 3.14. The number of pyridine rings is 1. The van der Waals surface area contributed by atoms with Gasteiger partial charge >= 0.3 is 5.97 Å². The van der Waals surface area contributed by atoms with E-state index in [1.807, 2.05) is 6.07 Å². The molecule has 1 amide bonds. The van der Waals surface area contributed by atoms with Crippen molar-refractivity contribution in [1.82, 2.24) is 14.9 Å². The van der Waals surface area contributed by atoms with Gasteiger partial charge in [0.05, 0.1) is 16.8 Å². The SMILES string of the molecule is CN(C)C(=O)c1cc(-c2cnc3[nH]cc(-c4ccc(C(=O)O)cc4)c3c2)cc(F)c1N. The third-order valence-electron chi connectivity index (χ3n) is 5.07. The van der Waals surface area contributed by atoms with Crippen molar-refractivity contribution in [3.8, 4) is 22.3 Å². The summed E-state index contributed by atoms with van der Waals surface area (Å²) in [5, 5.41) is 9.87. The maximum Gasteiger partial charge on any atom is 0.335 e. The van der Waals surface area contributed by atoms with Gasteiger partial charge < -0.3 is 20.7 Å². The van der Waals surface area contributed by atoms with E-state index >= 15 is 0 Å². The van der Waals surface area contributed by atoms with Crippen molar-refractivity contribution in [1.29, 1.82) is 0 Å². The number of nitrogens with zero attached hydrogens (tertiary/aromatic N) is 2. The maximum absolute atomic E-state index is 14.5. The normalized spacial score (nSPS) is 10.9. The van der Waals surface area contributed by atoms with E-state index in [1.54, 1.807) is 44.7 Å². The molecule has 156 valence electrons. The molecule has 8 heteroatoms. The first-order valence-corrected chi connectivity index (χ1v) is 9.38. The molecule has 0 saturated heterocycles. The zero-order chi connectivity index (χ0) is 22.3. The van der Waals surface area contributed by atoms with Gasteiger partial charge in [-0.3, -0.25) is 4.79 Å². The van der Waals surface area contributed by atoms with Gasteiger partial charge in [0.2, 0.25) is 0 Å². The molecule has 7 nitrogen and oxygen atoms in total. The Bertz CT molecular complexity index is 1330. The monoisotopic (exact) mass is 418 g/mol. The van der Waals surface area contributed by atoms with Gasteiger partial charge in [0.25, 0.3) is 5.91 Å². The molecule has 2 aromatic heterocycles. The molecule has 0 unspecified atom stereocenters. The first-order chi connectivity index (χ1) is 14.8. The second-order valence-electron chi connectivity index (χ2n) is 7.32. The number of nitrogens with two attached hydrogens (primary N) is 1. The number of fused-ring (bicyclic) bond motifs is 1. The van der Waals surface area contributed by atoms with Crippen molar-refractivity contribution in [2.45, 2.75) is 0 Å². The van der Waals surface area contributed by atoms with Crippen molar-refractivity contribution in [2.75, 3.05) is 19.8 Å². The first-order valence-electron chi connectivity index (χ1n) is 9.38. The molecule has 4 aromatic rings. The quantitative estimate of drug-likeness (QED) is 0.434. The van der Waals surface area contributed by atoms with Crippen LogP contribution in [0.4, 0.5) is 10.1 Å². The van der Waals surface area contributed by atoms with E-state index in [1.165, 1.54) is 23.1 Å². The van der Waals surface area contributed by atoms with Crippen molar-refractivity contribution in [3.63, 3.8) is 0 Å². The number of anilines is 1.